The van der Waals surface area contributed by atoms with E-state index in [9.17, 15) is 14.4 Å². The van der Waals surface area contributed by atoms with Crippen LogP contribution in [0, 0.1) is 6.92 Å². The lowest BCUT2D eigenvalue weighted by molar-refractivity contribution is -0.116. The van der Waals surface area contributed by atoms with Crippen molar-refractivity contribution in [2.75, 3.05) is 5.32 Å². The minimum Gasteiger partial charge on any atom is -0.325 e. The lowest BCUT2D eigenvalue weighted by Gasteiger charge is -2.11. The van der Waals surface area contributed by atoms with Crippen LogP contribution in [0.2, 0.25) is 0 Å². The van der Waals surface area contributed by atoms with Gasteiger partial charge in [0.05, 0.1) is 5.69 Å². The van der Waals surface area contributed by atoms with Gasteiger partial charge in [0.2, 0.25) is 5.91 Å². The monoisotopic (exact) mass is 361 g/mol. The average Bonchev–Trinajstić information content (AvgIpc) is 2.65. The molecule has 6 nitrogen and oxygen atoms in total. The maximum absolute atomic E-state index is 12.5. The van der Waals surface area contributed by atoms with Gasteiger partial charge in [-0.1, -0.05) is 42.5 Å². The van der Waals surface area contributed by atoms with Crippen molar-refractivity contribution in [2.45, 2.75) is 20.4 Å². The molecule has 1 amide bonds. The molecule has 0 spiro atoms. The number of Topliss-reactive ketones (excluding diaryl/α,β-unsaturated/α-hetero) is 1. The average molecular weight is 361 g/mol. The van der Waals surface area contributed by atoms with Gasteiger partial charge in [0.1, 0.15) is 12.4 Å². The molecule has 136 valence electrons. The van der Waals surface area contributed by atoms with E-state index < -0.39 is 0 Å². The van der Waals surface area contributed by atoms with Gasteiger partial charge in [-0.15, -0.1) is 0 Å². The highest BCUT2D eigenvalue weighted by Gasteiger charge is 2.11. The van der Waals surface area contributed by atoms with Crippen molar-refractivity contribution in [3.8, 4) is 11.3 Å². The van der Waals surface area contributed by atoms with E-state index in [1.807, 2.05) is 30.3 Å². The standard InChI is InChI=1S/C21H19N3O3/c1-14(25)17-9-6-10-18(11-17)23-20(26)13-24-15(2)22-19(12-21(24)27)16-7-4-3-5-8-16/h3-12H,13H2,1-2H3,(H,23,26). The van der Waals surface area contributed by atoms with E-state index in [0.717, 1.165) is 5.56 Å². The molecule has 6 heteroatoms. The topological polar surface area (TPSA) is 81.1 Å². The molecule has 3 rings (SSSR count). The van der Waals surface area contributed by atoms with Crippen LogP contribution in [0.4, 0.5) is 5.69 Å². The van der Waals surface area contributed by atoms with Gasteiger partial charge in [-0.25, -0.2) is 4.98 Å². The molecule has 0 unspecified atom stereocenters. The second kappa shape index (κ2) is 7.78. The zero-order chi connectivity index (χ0) is 19.4. The Labute approximate surface area is 156 Å². The van der Waals surface area contributed by atoms with Crippen molar-refractivity contribution in [3.63, 3.8) is 0 Å². The molecule has 0 aliphatic carbocycles. The summed E-state index contributed by atoms with van der Waals surface area (Å²) in [7, 11) is 0. The number of amides is 1. The molecule has 2 aromatic carbocycles. The van der Waals surface area contributed by atoms with Crippen LogP contribution in [0.25, 0.3) is 11.3 Å². The van der Waals surface area contributed by atoms with E-state index in [0.29, 0.717) is 22.8 Å². The number of carbonyl (C=O) groups excluding carboxylic acids is 2. The number of aryl methyl sites for hydroxylation is 1. The number of anilines is 1. The Bertz CT molecular complexity index is 1060. The third kappa shape index (κ3) is 4.36. The first-order valence-corrected chi connectivity index (χ1v) is 8.49. The zero-order valence-corrected chi connectivity index (χ0v) is 15.1. The Morgan fingerprint density at radius 2 is 1.78 bits per heavy atom. The third-order valence-corrected chi connectivity index (χ3v) is 4.12. The van der Waals surface area contributed by atoms with Crippen molar-refractivity contribution in [2.24, 2.45) is 0 Å². The molecule has 0 bridgehead atoms. The summed E-state index contributed by atoms with van der Waals surface area (Å²) in [5.74, 6) is 0.00279. The smallest absolute Gasteiger partial charge is 0.254 e. The fraction of sp³-hybridized carbons (Fsp3) is 0.143. The minimum absolute atomic E-state index is 0.0844. The van der Waals surface area contributed by atoms with Crippen LogP contribution in [0.15, 0.2) is 65.5 Å². The molecule has 1 aromatic heterocycles. The number of nitrogens with one attached hydrogen (secondary N) is 1. The summed E-state index contributed by atoms with van der Waals surface area (Å²) < 4.78 is 1.32. The molecule has 0 aliphatic rings. The molecular formula is C21H19N3O3. The highest BCUT2D eigenvalue weighted by atomic mass is 16.2. The summed E-state index contributed by atoms with van der Waals surface area (Å²) in [6, 6.07) is 17.5. The molecule has 1 N–H and O–H groups in total. The number of ketones is 1. The molecular weight excluding hydrogens is 342 g/mol. The van der Waals surface area contributed by atoms with E-state index >= 15 is 0 Å². The lowest BCUT2D eigenvalue weighted by Crippen LogP contribution is -2.29. The Kier molecular flexibility index (Phi) is 5.26. The summed E-state index contributed by atoms with van der Waals surface area (Å²) in [4.78, 5) is 40.7. The van der Waals surface area contributed by atoms with E-state index in [4.69, 9.17) is 0 Å². The number of hydrogen-bond acceptors (Lipinski definition) is 4. The molecule has 0 radical (unpaired) electrons. The van der Waals surface area contributed by atoms with E-state index in [1.165, 1.54) is 17.6 Å². The lowest BCUT2D eigenvalue weighted by atomic mass is 10.1. The maximum atomic E-state index is 12.5. The molecule has 0 saturated heterocycles. The van der Waals surface area contributed by atoms with Crippen molar-refractivity contribution in [1.82, 2.24) is 9.55 Å². The largest absolute Gasteiger partial charge is 0.325 e. The van der Waals surface area contributed by atoms with Gasteiger partial charge in [0.25, 0.3) is 5.56 Å². The summed E-state index contributed by atoms with van der Waals surface area (Å²) in [6.07, 6.45) is 0. The van der Waals surface area contributed by atoms with E-state index in [2.05, 4.69) is 10.3 Å². The van der Waals surface area contributed by atoms with Crippen LogP contribution >= 0.6 is 0 Å². The van der Waals surface area contributed by atoms with Crippen molar-refractivity contribution >= 4 is 17.4 Å². The van der Waals surface area contributed by atoms with Gasteiger partial charge in [0.15, 0.2) is 5.78 Å². The number of carbonyl (C=O) groups is 2. The van der Waals surface area contributed by atoms with Gasteiger partial charge in [-0.05, 0) is 26.0 Å². The van der Waals surface area contributed by atoms with E-state index in [1.54, 1.807) is 31.2 Å². The van der Waals surface area contributed by atoms with Crippen LogP contribution in [0.5, 0.6) is 0 Å². The van der Waals surface area contributed by atoms with Crippen LogP contribution in [0.3, 0.4) is 0 Å². The molecule has 0 fully saturated rings. The van der Waals surface area contributed by atoms with E-state index in [-0.39, 0.29) is 23.8 Å². The SMILES string of the molecule is CC(=O)c1cccc(NC(=O)Cn2c(C)nc(-c3ccccc3)cc2=O)c1. The quantitative estimate of drug-likeness (QED) is 0.708. The summed E-state index contributed by atoms with van der Waals surface area (Å²) >= 11 is 0. The van der Waals surface area contributed by atoms with Crippen LogP contribution < -0.4 is 10.9 Å². The van der Waals surface area contributed by atoms with Crippen LogP contribution in [0.1, 0.15) is 23.1 Å². The number of rotatable bonds is 5. The molecule has 0 aliphatic heterocycles. The second-order valence-corrected chi connectivity index (χ2v) is 6.16. The Morgan fingerprint density at radius 3 is 2.44 bits per heavy atom. The predicted octanol–water partition coefficient (Wildman–Crippen LogP) is 3.06. The fourth-order valence-electron chi connectivity index (χ4n) is 2.73. The maximum Gasteiger partial charge on any atom is 0.254 e. The normalized spacial score (nSPS) is 10.4. The van der Waals surface area contributed by atoms with Gasteiger partial charge < -0.3 is 5.32 Å². The molecule has 1 heterocycles. The summed E-state index contributed by atoms with van der Waals surface area (Å²) in [5, 5.41) is 2.71. The summed E-state index contributed by atoms with van der Waals surface area (Å²) in [5.41, 5.74) is 2.13. The Morgan fingerprint density at radius 1 is 1.04 bits per heavy atom. The minimum atomic E-state index is -0.366. The zero-order valence-electron chi connectivity index (χ0n) is 15.1. The number of nitrogens with zero attached hydrogens (tertiary/aromatic N) is 2. The molecule has 0 atom stereocenters. The van der Waals surface area contributed by atoms with Crippen molar-refractivity contribution < 1.29 is 9.59 Å². The first kappa shape index (κ1) is 18.3. The van der Waals surface area contributed by atoms with Crippen molar-refractivity contribution in [1.29, 1.82) is 0 Å². The van der Waals surface area contributed by atoms with Gasteiger partial charge in [-0.3, -0.25) is 19.0 Å². The molecule has 27 heavy (non-hydrogen) atoms. The van der Waals surface area contributed by atoms with Gasteiger partial charge in [0, 0.05) is 22.9 Å². The van der Waals surface area contributed by atoms with Crippen LogP contribution in [-0.4, -0.2) is 21.2 Å². The highest BCUT2D eigenvalue weighted by molar-refractivity contribution is 5.97. The number of aromatic nitrogens is 2. The predicted molar refractivity (Wildman–Crippen MR) is 104 cm³/mol. The molecule has 3 aromatic rings. The van der Waals surface area contributed by atoms with Crippen LogP contribution in [-0.2, 0) is 11.3 Å². The number of hydrogen-bond donors (Lipinski definition) is 1. The number of benzene rings is 2. The summed E-state index contributed by atoms with van der Waals surface area (Å²) in [6.45, 7) is 3.00. The molecule has 0 saturated carbocycles. The Hall–Kier alpha value is -3.54. The Balaban J connectivity index is 1.79. The first-order chi connectivity index (χ1) is 12.9. The first-order valence-electron chi connectivity index (χ1n) is 8.49. The van der Waals surface area contributed by atoms with Gasteiger partial charge >= 0.3 is 0 Å². The third-order valence-electron chi connectivity index (χ3n) is 4.12. The van der Waals surface area contributed by atoms with Gasteiger partial charge in [-0.2, -0.15) is 0 Å². The fourth-order valence-corrected chi connectivity index (χ4v) is 2.73. The highest BCUT2D eigenvalue weighted by Crippen LogP contribution is 2.15. The van der Waals surface area contributed by atoms with Crippen molar-refractivity contribution in [3.05, 3.63) is 82.4 Å². The second-order valence-electron chi connectivity index (χ2n) is 6.16.